The Morgan fingerprint density at radius 2 is 1.90 bits per heavy atom. The van der Waals surface area contributed by atoms with E-state index in [0.717, 1.165) is 11.8 Å². The van der Waals surface area contributed by atoms with Crippen LogP contribution in [0.5, 0.6) is 0 Å². The third-order valence-corrected chi connectivity index (χ3v) is 4.37. The largest absolute Gasteiger partial charge is 0.480 e. The summed E-state index contributed by atoms with van der Waals surface area (Å²) in [5.74, 6) is -1.93. The minimum absolute atomic E-state index is 0.0246. The highest BCUT2D eigenvalue weighted by atomic mass is 32.2. The molecule has 0 heterocycles. The predicted molar refractivity (Wildman–Crippen MR) is 77.6 cm³/mol. The second-order valence-electron chi connectivity index (χ2n) is 5.06. The number of rotatable bonds is 8. The number of esters is 1. The van der Waals surface area contributed by atoms with Gasteiger partial charge in [0.15, 0.2) is 0 Å². The fourth-order valence-electron chi connectivity index (χ4n) is 1.32. The summed E-state index contributed by atoms with van der Waals surface area (Å²) < 4.78 is 3.62. The molecule has 0 saturated carbocycles. The normalized spacial score (nSPS) is 14.2. The Balaban J connectivity index is 4.55. The molecule has 0 aromatic carbocycles. The fourth-order valence-corrected chi connectivity index (χ4v) is 2.02. The van der Waals surface area contributed by atoms with Crippen LogP contribution >= 0.6 is 11.8 Å². The molecule has 0 aliphatic rings. The monoisotopic (exact) mass is 305 g/mol. The molecule has 1 amide bonds. The van der Waals surface area contributed by atoms with E-state index in [9.17, 15) is 14.4 Å². The number of carboxylic acids is 1. The highest BCUT2D eigenvalue weighted by Crippen LogP contribution is 2.24. The summed E-state index contributed by atoms with van der Waals surface area (Å²) >= 11 is 1.01. The van der Waals surface area contributed by atoms with E-state index in [1.165, 1.54) is 21.0 Å². The zero-order valence-corrected chi connectivity index (χ0v) is 13.4. The quantitative estimate of drug-likeness (QED) is 0.656. The van der Waals surface area contributed by atoms with Crippen molar-refractivity contribution < 1.29 is 24.2 Å². The minimum atomic E-state index is -1.05. The Morgan fingerprint density at radius 1 is 1.35 bits per heavy atom. The van der Waals surface area contributed by atoms with Crippen LogP contribution in [0, 0.1) is 5.92 Å². The maximum Gasteiger partial charge on any atom is 0.328 e. The number of carboxylic acid groups (broad SMARTS) is 1. The van der Waals surface area contributed by atoms with Gasteiger partial charge in [0.25, 0.3) is 0 Å². The first kappa shape index (κ1) is 18.8. The molecule has 0 aromatic heterocycles. The molecule has 7 heteroatoms. The Kier molecular flexibility index (Phi) is 7.63. The molecule has 0 spiro atoms. The summed E-state index contributed by atoms with van der Waals surface area (Å²) in [7, 11) is 1.27. The van der Waals surface area contributed by atoms with Gasteiger partial charge < -0.3 is 15.2 Å². The fraction of sp³-hybridized carbons (Fsp3) is 0.769. The maximum absolute atomic E-state index is 11.8. The lowest BCUT2D eigenvalue weighted by Crippen LogP contribution is -2.46. The topological polar surface area (TPSA) is 92.7 Å². The second-order valence-corrected chi connectivity index (χ2v) is 6.66. The van der Waals surface area contributed by atoms with E-state index in [4.69, 9.17) is 5.11 Å². The molecule has 0 aliphatic heterocycles. The highest BCUT2D eigenvalue weighted by Gasteiger charge is 2.30. The van der Waals surface area contributed by atoms with Gasteiger partial charge in [-0.1, -0.05) is 20.3 Å². The Hall–Kier alpha value is -1.24. The SMILES string of the molecule is CCC(C)C(NC(=O)CSC(C)(C)C(=O)O)C(=O)OC. The van der Waals surface area contributed by atoms with Crippen LogP contribution in [0.15, 0.2) is 0 Å². The summed E-state index contributed by atoms with van der Waals surface area (Å²) in [6.07, 6.45) is 0.716. The first-order valence-electron chi connectivity index (χ1n) is 6.40. The van der Waals surface area contributed by atoms with Gasteiger partial charge in [0.1, 0.15) is 10.8 Å². The molecular formula is C13H23NO5S. The van der Waals surface area contributed by atoms with Crippen molar-refractivity contribution >= 4 is 29.6 Å². The van der Waals surface area contributed by atoms with Crippen molar-refractivity contribution in [2.24, 2.45) is 5.92 Å². The number of aliphatic carboxylic acids is 1. The van der Waals surface area contributed by atoms with Gasteiger partial charge >= 0.3 is 11.9 Å². The molecule has 0 radical (unpaired) electrons. The van der Waals surface area contributed by atoms with Crippen molar-refractivity contribution in [1.82, 2.24) is 5.32 Å². The summed E-state index contributed by atoms with van der Waals surface area (Å²) in [5, 5.41) is 11.6. The maximum atomic E-state index is 11.8. The summed E-state index contributed by atoms with van der Waals surface area (Å²) in [6, 6.07) is -0.703. The lowest BCUT2D eigenvalue weighted by atomic mass is 9.99. The minimum Gasteiger partial charge on any atom is -0.480 e. The van der Waals surface area contributed by atoms with Crippen LogP contribution in [-0.2, 0) is 19.1 Å². The smallest absolute Gasteiger partial charge is 0.328 e. The van der Waals surface area contributed by atoms with E-state index in [2.05, 4.69) is 10.1 Å². The van der Waals surface area contributed by atoms with Crippen LogP contribution in [0.25, 0.3) is 0 Å². The molecule has 2 unspecified atom stereocenters. The molecule has 116 valence electrons. The van der Waals surface area contributed by atoms with Crippen molar-refractivity contribution in [3.05, 3.63) is 0 Å². The Morgan fingerprint density at radius 3 is 2.30 bits per heavy atom. The summed E-state index contributed by atoms with van der Waals surface area (Å²) in [4.78, 5) is 34.4. The van der Waals surface area contributed by atoms with Crippen LogP contribution in [0.2, 0.25) is 0 Å². The standard InChI is InChI=1S/C13H23NO5S/c1-6-8(2)10(11(16)19-5)14-9(15)7-20-13(3,4)12(17)18/h8,10H,6-7H2,1-5H3,(H,14,15)(H,17,18). The van der Waals surface area contributed by atoms with E-state index in [0.29, 0.717) is 6.42 Å². The predicted octanol–water partition coefficient (Wildman–Crippen LogP) is 1.29. The van der Waals surface area contributed by atoms with Gasteiger partial charge in [0.05, 0.1) is 12.9 Å². The first-order valence-corrected chi connectivity index (χ1v) is 7.38. The number of carbonyl (C=O) groups excluding carboxylic acids is 2. The number of ether oxygens (including phenoxy) is 1. The molecule has 0 saturated heterocycles. The molecule has 0 aliphatic carbocycles. The highest BCUT2D eigenvalue weighted by molar-refractivity contribution is 8.01. The third kappa shape index (κ3) is 5.81. The Labute approximate surface area is 123 Å². The number of amides is 1. The van der Waals surface area contributed by atoms with Crippen LogP contribution in [0.1, 0.15) is 34.1 Å². The number of carbonyl (C=O) groups is 3. The van der Waals surface area contributed by atoms with Crippen LogP contribution in [0.4, 0.5) is 0 Å². The van der Waals surface area contributed by atoms with Gasteiger partial charge in [-0.2, -0.15) is 0 Å². The average molecular weight is 305 g/mol. The molecule has 6 nitrogen and oxygen atoms in total. The molecule has 0 fully saturated rings. The molecular weight excluding hydrogens is 282 g/mol. The van der Waals surface area contributed by atoms with Crippen molar-refractivity contribution in [2.45, 2.75) is 44.9 Å². The van der Waals surface area contributed by atoms with Crippen molar-refractivity contribution in [3.8, 4) is 0 Å². The van der Waals surface area contributed by atoms with Gasteiger partial charge in [0, 0.05) is 0 Å². The molecule has 0 rings (SSSR count). The van der Waals surface area contributed by atoms with E-state index in [1.807, 2.05) is 13.8 Å². The zero-order chi connectivity index (χ0) is 15.9. The van der Waals surface area contributed by atoms with Gasteiger partial charge in [-0.3, -0.25) is 9.59 Å². The van der Waals surface area contributed by atoms with Crippen LogP contribution in [-0.4, -0.2) is 46.6 Å². The van der Waals surface area contributed by atoms with E-state index >= 15 is 0 Å². The summed E-state index contributed by atoms with van der Waals surface area (Å²) in [6.45, 7) is 6.81. The van der Waals surface area contributed by atoms with Gasteiger partial charge in [0.2, 0.25) is 5.91 Å². The van der Waals surface area contributed by atoms with E-state index < -0.39 is 22.7 Å². The average Bonchev–Trinajstić information content (AvgIpc) is 2.40. The zero-order valence-electron chi connectivity index (χ0n) is 12.6. The number of hydrogen-bond acceptors (Lipinski definition) is 5. The van der Waals surface area contributed by atoms with Gasteiger partial charge in [-0.15, -0.1) is 11.8 Å². The molecule has 2 atom stereocenters. The molecule has 0 bridgehead atoms. The second kappa shape index (κ2) is 8.14. The third-order valence-electron chi connectivity index (χ3n) is 3.06. The molecule has 0 aromatic rings. The number of nitrogens with one attached hydrogen (secondary N) is 1. The van der Waals surface area contributed by atoms with Gasteiger partial charge in [-0.05, 0) is 19.8 Å². The molecule has 20 heavy (non-hydrogen) atoms. The first-order chi connectivity index (χ1) is 9.15. The lowest BCUT2D eigenvalue weighted by Gasteiger charge is -2.23. The van der Waals surface area contributed by atoms with Crippen LogP contribution < -0.4 is 5.32 Å². The van der Waals surface area contributed by atoms with Crippen LogP contribution in [0.3, 0.4) is 0 Å². The Bertz CT molecular complexity index is 370. The number of hydrogen-bond donors (Lipinski definition) is 2. The van der Waals surface area contributed by atoms with Gasteiger partial charge in [-0.25, -0.2) is 4.79 Å². The number of methoxy groups -OCH3 is 1. The van der Waals surface area contributed by atoms with E-state index in [-0.39, 0.29) is 17.6 Å². The van der Waals surface area contributed by atoms with Crippen molar-refractivity contribution in [1.29, 1.82) is 0 Å². The van der Waals surface area contributed by atoms with Crippen molar-refractivity contribution in [2.75, 3.05) is 12.9 Å². The molecule has 2 N–H and O–H groups in total. The number of thioether (sulfide) groups is 1. The van der Waals surface area contributed by atoms with Crippen molar-refractivity contribution in [3.63, 3.8) is 0 Å². The lowest BCUT2D eigenvalue weighted by molar-refractivity contribution is -0.146. The summed E-state index contributed by atoms with van der Waals surface area (Å²) in [5.41, 5.74) is 0. The van der Waals surface area contributed by atoms with E-state index in [1.54, 1.807) is 0 Å².